The third-order valence-electron chi connectivity index (χ3n) is 3.54. The molecule has 16 heavy (non-hydrogen) atoms. The highest BCUT2D eigenvalue weighted by Gasteiger charge is 2.29. The van der Waals surface area contributed by atoms with Crippen LogP contribution < -0.4 is 10.6 Å². The Morgan fingerprint density at radius 1 is 1.31 bits per heavy atom. The molecule has 0 aromatic heterocycles. The third kappa shape index (κ3) is 1.66. The lowest BCUT2D eigenvalue weighted by atomic mass is 9.93. The predicted octanol–water partition coefficient (Wildman–Crippen LogP) is 1.69. The minimum absolute atomic E-state index is 0.0713. The predicted molar refractivity (Wildman–Crippen MR) is 63.3 cm³/mol. The Morgan fingerprint density at radius 2 is 2.12 bits per heavy atom. The topological polar surface area (TPSA) is 41.1 Å². The van der Waals surface area contributed by atoms with E-state index >= 15 is 0 Å². The van der Waals surface area contributed by atoms with Crippen LogP contribution in [0, 0.1) is 0 Å². The minimum atomic E-state index is -0.0713. The Bertz CT molecular complexity index is 387. The summed E-state index contributed by atoms with van der Waals surface area (Å²) in [6.07, 6.45) is 4.36. The van der Waals surface area contributed by atoms with Crippen LogP contribution in [0.2, 0.25) is 0 Å². The number of nitrogens with one attached hydrogen (secondary N) is 2. The molecule has 1 aromatic rings. The van der Waals surface area contributed by atoms with E-state index in [4.69, 9.17) is 0 Å². The summed E-state index contributed by atoms with van der Waals surface area (Å²) < 4.78 is 0. The molecule has 1 aliphatic carbocycles. The van der Waals surface area contributed by atoms with Gasteiger partial charge in [0.1, 0.15) is 6.04 Å². The summed E-state index contributed by atoms with van der Waals surface area (Å²) in [5.41, 5.74) is 2.35. The molecule has 3 heteroatoms. The molecule has 3 nitrogen and oxygen atoms in total. The highest BCUT2D eigenvalue weighted by molar-refractivity contribution is 5.87. The lowest BCUT2D eigenvalue weighted by molar-refractivity contribution is -0.122. The van der Waals surface area contributed by atoms with Crippen molar-refractivity contribution in [2.24, 2.45) is 0 Å². The quantitative estimate of drug-likeness (QED) is 0.790. The molecule has 1 saturated carbocycles. The number of para-hydroxylation sites is 1. The van der Waals surface area contributed by atoms with Crippen molar-refractivity contribution in [3.63, 3.8) is 0 Å². The van der Waals surface area contributed by atoms with Crippen molar-refractivity contribution in [3.05, 3.63) is 29.8 Å². The van der Waals surface area contributed by atoms with Crippen LogP contribution >= 0.6 is 0 Å². The van der Waals surface area contributed by atoms with Gasteiger partial charge >= 0.3 is 0 Å². The molecule has 1 aliphatic heterocycles. The van der Waals surface area contributed by atoms with Crippen molar-refractivity contribution in [1.29, 1.82) is 0 Å². The van der Waals surface area contributed by atoms with E-state index in [2.05, 4.69) is 16.7 Å². The average Bonchev–Trinajstić information content (AvgIpc) is 2.66. The number of carbonyl (C=O) groups excluding carboxylic acids is 1. The highest BCUT2D eigenvalue weighted by atomic mass is 16.2. The molecule has 2 N–H and O–H groups in total. The Labute approximate surface area is 95.2 Å². The van der Waals surface area contributed by atoms with Crippen molar-refractivity contribution in [3.8, 4) is 0 Å². The number of amides is 1. The van der Waals surface area contributed by atoms with Crippen molar-refractivity contribution < 1.29 is 4.79 Å². The molecular weight excluding hydrogens is 200 g/mol. The Hall–Kier alpha value is -1.51. The van der Waals surface area contributed by atoms with Gasteiger partial charge in [0.25, 0.3) is 0 Å². The van der Waals surface area contributed by atoms with Crippen molar-refractivity contribution in [2.45, 2.75) is 37.8 Å². The number of anilines is 1. The summed E-state index contributed by atoms with van der Waals surface area (Å²) in [4.78, 5) is 11.9. The summed E-state index contributed by atoms with van der Waals surface area (Å²) in [6.45, 7) is 0. The van der Waals surface area contributed by atoms with Crippen LogP contribution in [0.1, 0.15) is 24.8 Å². The number of hydrogen-bond acceptors (Lipinski definition) is 2. The maximum absolute atomic E-state index is 11.9. The SMILES string of the molecule is O=C(NC1CCC1)[C@@H]1Cc2ccccc2N1. The monoisotopic (exact) mass is 216 g/mol. The highest BCUT2D eigenvalue weighted by Crippen LogP contribution is 2.26. The summed E-state index contributed by atoms with van der Waals surface area (Å²) in [6, 6.07) is 8.49. The largest absolute Gasteiger partial charge is 0.373 e. The molecular formula is C13H16N2O. The normalized spacial score (nSPS) is 23.1. The van der Waals surface area contributed by atoms with Gasteiger partial charge in [0.05, 0.1) is 0 Å². The van der Waals surface area contributed by atoms with Gasteiger partial charge in [-0.1, -0.05) is 18.2 Å². The Kier molecular flexibility index (Phi) is 2.31. The van der Waals surface area contributed by atoms with E-state index in [1.165, 1.54) is 12.0 Å². The van der Waals surface area contributed by atoms with Gasteiger partial charge in [0.15, 0.2) is 0 Å². The van der Waals surface area contributed by atoms with E-state index in [1.807, 2.05) is 18.2 Å². The van der Waals surface area contributed by atoms with Gasteiger partial charge in [-0.3, -0.25) is 4.79 Å². The van der Waals surface area contributed by atoms with Crippen LogP contribution in [0.25, 0.3) is 0 Å². The lowest BCUT2D eigenvalue weighted by Crippen LogP contribution is -2.46. The molecule has 1 atom stereocenters. The van der Waals surface area contributed by atoms with Crippen LogP contribution in [0.15, 0.2) is 24.3 Å². The van der Waals surface area contributed by atoms with E-state index < -0.39 is 0 Å². The van der Waals surface area contributed by atoms with Gasteiger partial charge in [-0.15, -0.1) is 0 Å². The van der Waals surface area contributed by atoms with Crippen molar-refractivity contribution in [2.75, 3.05) is 5.32 Å². The number of carbonyl (C=O) groups is 1. The van der Waals surface area contributed by atoms with Gasteiger partial charge in [-0.25, -0.2) is 0 Å². The molecule has 1 heterocycles. The fourth-order valence-electron chi connectivity index (χ4n) is 2.31. The summed E-state index contributed by atoms with van der Waals surface area (Å²) in [5, 5.41) is 6.37. The number of benzene rings is 1. The summed E-state index contributed by atoms with van der Waals surface area (Å²) >= 11 is 0. The van der Waals surface area contributed by atoms with E-state index in [0.29, 0.717) is 6.04 Å². The molecule has 0 radical (unpaired) electrons. The van der Waals surface area contributed by atoms with E-state index in [-0.39, 0.29) is 11.9 Å². The molecule has 1 aromatic carbocycles. The van der Waals surface area contributed by atoms with Crippen LogP contribution in [-0.4, -0.2) is 18.0 Å². The van der Waals surface area contributed by atoms with E-state index in [0.717, 1.165) is 24.9 Å². The summed E-state index contributed by atoms with van der Waals surface area (Å²) in [5.74, 6) is 0.154. The molecule has 0 bridgehead atoms. The second-order valence-corrected chi connectivity index (χ2v) is 4.69. The van der Waals surface area contributed by atoms with Crippen molar-refractivity contribution in [1.82, 2.24) is 5.32 Å². The minimum Gasteiger partial charge on any atom is -0.373 e. The fourth-order valence-corrected chi connectivity index (χ4v) is 2.31. The first kappa shape index (κ1) is 9.70. The molecule has 2 aliphatic rings. The molecule has 0 spiro atoms. The zero-order valence-corrected chi connectivity index (χ0v) is 9.20. The zero-order valence-electron chi connectivity index (χ0n) is 9.20. The van der Waals surface area contributed by atoms with Gasteiger partial charge < -0.3 is 10.6 Å². The first-order valence-electron chi connectivity index (χ1n) is 5.98. The van der Waals surface area contributed by atoms with E-state index in [1.54, 1.807) is 0 Å². The first-order valence-corrected chi connectivity index (χ1v) is 5.98. The molecule has 0 saturated heterocycles. The molecule has 1 amide bonds. The Balaban J connectivity index is 1.64. The number of hydrogen-bond donors (Lipinski definition) is 2. The zero-order chi connectivity index (χ0) is 11.0. The van der Waals surface area contributed by atoms with Gasteiger partial charge in [-0.2, -0.15) is 0 Å². The first-order chi connectivity index (χ1) is 7.83. The van der Waals surface area contributed by atoms with Crippen LogP contribution in [0.5, 0.6) is 0 Å². The maximum Gasteiger partial charge on any atom is 0.243 e. The number of fused-ring (bicyclic) bond motifs is 1. The second-order valence-electron chi connectivity index (χ2n) is 4.69. The van der Waals surface area contributed by atoms with Crippen LogP contribution in [-0.2, 0) is 11.2 Å². The molecule has 3 rings (SSSR count). The van der Waals surface area contributed by atoms with Gasteiger partial charge in [0.2, 0.25) is 5.91 Å². The van der Waals surface area contributed by atoms with Crippen LogP contribution in [0.4, 0.5) is 5.69 Å². The standard InChI is InChI=1S/C13H16N2O/c16-13(14-10-5-3-6-10)12-8-9-4-1-2-7-11(9)15-12/h1-2,4,7,10,12,15H,3,5-6,8H2,(H,14,16)/t12-/m0/s1. The second kappa shape index (κ2) is 3.81. The lowest BCUT2D eigenvalue weighted by Gasteiger charge is -2.27. The van der Waals surface area contributed by atoms with Gasteiger partial charge in [-0.05, 0) is 30.9 Å². The summed E-state index contributed by atoms with van der Waals surface area (Å²) in [7, 11) is 0. The third-order valence-corrected chi connectivity index (χ3v) is 3.54. The molecule has 0 unspecified atom stereocenters. The Morgan fingerprint density at radius 3 is 2.81 bits per heavy atom. The van der Waals surface area contributed by atoms with Crippen LogP contribution in [0.3, 0.4) is 0 Å². The maximum atomic E-state index is 11.9. The molecule has 1 fully saturated rings. The van der Waals surface area contributed by atoms with E-state index in [9.17, 15) is 4.79 Å². The molecule has 84 valence electrons. The number of rotatable bonds is 2. The smallest absolute Gasteiger partial charge is 0.243 e. The average molecular weight is 216 g/mol. The van der Waals surface area contributed by atoms with Gasteiger partial charge in [0, 0.05) is 18.2 Å². The van der Waals surface area contributed by atoms with Crippen molar-refractivity contribution >= 4 is 11.6 Å². The fraction of sp³-hybridized carbons (Fsp3) is 0.462.